The minimum absolute atomic E-state index is 0.358. The van der Waals surface area contributed by atoms with Crippen molar-refractivity contribution in [2.24, 2.45) is 0 Å². The fourth-order valence-corrected chi connectivity index (χ4v) is 2.84. The molecule has 2 amide bonds. The zero-order valence-corrected chi connectivity index (χ0v) is 13.9. The number of hydrogen-bond donors (Lipinski definition) is 3. The molecule has 0 saturated carbocycles. The number of carbonyl (C=O) groups excluding carboxylic acids is 1. The van der Waals surface area contributed by atoms with Gasteiger partial charge in [-0.25, -0.2) is 4.79 Å². The molecule has 0 fully saturated rings. The van der Waals surface area contributed by atoms with Gasteiger partial charge in [0.25, 0.3) is 0 Å². The second kappa shape index (κ2) is 8.40. The van der Waals surface area contributed by atoms with Gasteiger partial charge in [0.05, 0.1) is 26.0 Å². The second-order valence-electron chi connectivity index (χ2n) is 4.74. The lowest BCUT2D eigenvalue weighted by atomic mass is 10.2. The first kappa shape index (κ1) is 17.1. The van der Waals surface area contributed by atoms with E-state index < -0.39 is 6.10 Å². The predicted molar refractivity (Wildman–Crippen MR) is 90.5 cm³/mol. The highest BCUT2D eigenvalue weighted by atomic mass is 32.1. The number of anilines is 1. The van der Waals surface area contributed by atoms with Crippen LogP contribution < -0.4 is 20.1 Å². The molecule has 1 heterocycles. The molecule has 0 spiro atoms. The van der Waals surface area contributed by atoms with Gasteiger partial charge in [-0.15, -0.1) is 11.3 Å². The molecular weight excluding hydrogens is 316 g/mol. The summed E-state index contributed by atoms with van der Waals surface area (Å²) in [7, 11) is 3.05. The van der Waals surface area contributed by atoms with Gasteiger partial charge >= 0.3 is 6.03 Å². The van der Waals surface area contributed by atoms with Crippen molar-refractivity contribution in [2.75, 3.05) is 26.1 Å². The molecule has 1 atom stereocenters. The van der Waals surface area contributed by atoms with Crippen LogP contribution in [0.25, 0.3) is 0 Å². The summed E-state index contributed by atoms with van der Waals surface area (Å²) in [5, 5.41) is 17.3. The van der Waals surface area contributed by atoms with Gasteiger partial charge in [0.2, 0.25) is 0 Å². The summed E-state index contributed by atoms with van der Waals surface area (Å²) >= 11 is 1.49. The van der Waals surface area contributed by atoms with Gasteiger partial charge in [0, 0.05) is 11.4 Å². The summed E-state index contributed by atoms with van der Waals surface area (Å²) in [5.41, 5.74) is 0.517. The van der Waals surface area contributed by atoms with E-state index >= 15 is 0 Å². The molecule has 23 heavy (non-hydrogen) atoms. The number of thiophene rings is 1. The molecule has 0 aliphatic heterocycles. The van der Waals surface area contributed by atoms with Gasteiger partial charge in [0.15, 0.2) is 11.5 Å². The van der Waals surface area contributed by atoms with Crippen molar-refractivity contribution in [3.8, 4) is 11.5 Å². The minimum atomic E-state index is -0.568. The molecule has 1 aromatic carbocycles. The highest BCUT2D eigenvalue weighted by molar-refractivity contribution is 7.10. The quantitative estimate of drug-likeness (QED) is 0.726. The maximum absolute atomic E-state index is 12.0. The van der Waals surface area contributed by atoms with Crippen LogP contribution >= 0.6 is 11.3 Å². The van der Waals surface area contributed by atoms with E-state index in [1.165, 1.54) is 25.6 Å². The zero-order chi connectivity index (χ0) is 16.7. The van der Waals surface area contributed by atoms with Crippen LogP contribution in [-0.2, 0) is 0 Å². The number of carbonyl (C=O) groups is 1. The predicted octanol–water partition coefficient (Wildman–Crippen LogP) is 3.01. The molecule has 0 saturated heterocycles. The molecule has 124 valence electrons. The minimum Gasteiger partial charge on any atom is -0.493 e. The summed E-state index contributed by atoms with van der Waals surface area (Å²) in [6, 6.07) is 8.63. The number of amides is 2. The number of benzene rings is 1. The first-order chi connectivity index (χ1) is 11.2. The molecule has 2 aromatic rings. The third kappa shape index (κ3) is 4.61. The van der Waals surface area contributed by atoms with Gasteiger partial charge in [-0.1, -0.05) is 12.1 Å². The summed E-state index contributed by atoms with van der Waals surface area (Å²) in [6.07, 6.45) is -0.120. The summed E-state index contributed by atoms with van der Waals surface area (Å²) in [5.74, 6) is 1.00. The SMILES string of the molecule is COc1cccc(NC(=O)NCCC(O)c2cccs2)c1OC. The van der Waals surface area contributed by atoms with Gasteiger partial charge in [-0.05, 0) is 30.0 Å². The standard InChI is InChI=1S/C16H20N2O4S/c1-21-13-6-3-5-11(15(13)22-2)18-16(20)17-9-8-12(19)14-7-4-10-23-14/h3-7,10,12,19H,8-9H2,1-2H3,(H2,17,18,20). The maximum atomic E-state index is 12.0. The molecule has 2 rings (SSSR count). The molecule has 0 aliphatic carbocycles. The van der Waals surface area contributed by atoms with Crippen LogP contribution in [0.1, 0.15) is 17.4 Å². The van der Waals surface area contributed by atoms with Crippen LogP contribution in [0.2, 0.25) is 0 Å². The Labute approximate surface area is 139 Å². The first-order valence-corrected chi connectivity index (χ1v) is 8.01. The molecule has 1 aromatic heterocycles. The van der Waals surface area contributed by atoms with Crippen molar-refractivity contribution in [2.45, 2.75) is 12.5 Å². The van der Waals surface area contributed by atoms with Crippen LogP contribution in [0.5, 0.6) is 11.5 Å². The highest BCUT2D eigenvalue weighted by Gasteiger charge is 2.13. The number of hydrogen-bond acceptors (Lipinski definition) is 5. The lowest BCUT2D eigenvalue weighted by Crippen LogP contribution is -2.30. The van der Waals surface area contributed by atoms with Crippen molar-refractivity contribution in [1.29, 1.82) is 0 Å². The Morgan fingerprint density at radius 2 is 2.09 bits per heavy atom. The Balaban J connectivity index is 1.85. The molecule has 6 nitrogen and oxygen atoms in total. The second-order valence-corrected chi connectivity index (χ2v) is 5.72. The Morgan fingerprint density at radius 1 is 1.26 bits per heavy atom. The van der Waals surface area contributed by atoms with Crippen molar-refractivity contribution in [1.82, 2.24) is 5.32 Å². The zero-order valence-electron chi connectivity index (χ0n) is 13.0. The molecular formula is C16H20N2O4S. The van der Waals surface area contributed by atoms with Gasteiger partial charge in [0.1, 0.15) is 0 Å². The largest absolute Gasteiger partial charge is 0.493 e. The summed E-state index contributed by atoms with van der Waals surface area (Å²) in [6.45, 7) is 0.358. The van der Waals surface area contributed by atoms with Crippen molar-refractivity contribution < 1.29 is 19.4 Å². The van der Waals surface area contributed by atoms with Crippen molar-refractivity contribution in [3.63, 3.8) is 0 Å². The van der Waals surface area contributed by atoms with E-state index in [1.807, 2.05) is 17.5 Å². The monoisotopic (exact) mass is 336 g/mol. The Morgan fingerprint density at radius 3 is 2.74 bits per heavy atom. The Hall–Kier alpha value is -2.25. The number of ether oxygens (including phenoxy) is 2. The average molecular weight is 336 g/mol. The van der Waals surface area contributed by atoms with Crippen LogP contribution in [0.4, 0.5) is 10.5 Å². The highest BCUT2D eigenvalue weighted by Crippen LogP contribution is 2.34. The number of para-hydroxylation sites is 1. The van der Waals surface area contributed by atoms with Crippen LogP contribution in [0.15, 0.2) is 35.7 Å². The van der Waals surface area contributed by atoms with E-state index in [1.54, 1.807) is 18.2 Å². The summed E-state index contributed by atoms with van der Waals surface area (Å²) in [4.78, 5) is 12.8. The van der Waals surface area contributed by atoms with Crippen LogP contribution in [0.3, 0.4) is 0 Å². The molecule has 1 unspecified atom stereocenters. The number of methoxy groups -OCH3 is 2. The number of nitrogens with one attached hydrogen (secondary N) is 2. The fraction of sp³-hybridized carbons (Fsp3) is 0.312. The number of urea groups is 1. The van der Waals surface area contributed by atoms with E-state index in [0.717, 1.165) is 4.88 Å². The lowest BCUT2D eigenvalue weighted by Gasteiger charge is -2.14. The smallest absolute Gasteiger partial charge is 0.319 e. The fourth-order valence-electron chi connectivity index (χ4n) is 2.10. The molecule has 0 bridgehead atoms. The molecule has 0 radical (unpaired) electrons. The Bertz CT molecular complexity index is 631. The number of aliphatic hydroxyl groups is 1. The van der Waals surface area contributed by atoms with E-state index in [4.69, 9.17) is 9.47 Å². The van der Waals surface area contributed by atoms with E-state index in [-0.39, 0.29) is 6.03 Å². The number of rotatable bonds is 7. The topological polar surface area (TPSA) is 79.8 Å². The number of aliphatic hydroxyl groups excluding tert-OH is 1. The van der Waals surface area contributed by atoms with Crippen molar-refractivity contribution >= 4 is 23.1 Å². The van der Waals surface area contributed by atoms with Crippen LogP contribution in [-0.4, -0.2) is 31.9 Å². The molecule has 3 N–H and O–H groups in total. The van der Waals surface area contributed by atoms with E-state index in [0.29, 0.717) is 30.2 Å². The molecule has 7 heteroatoms. The first-order valence-electron chi connectivity index (χ1n) is 7.13. The average Bonchev–Trinajstić information content (AvgIpc) is 3.09. The normalized spacial score (nSPS) is 11.6. The maximum Gasteiger partial charge on any atom is 0.319 e. The van der Waals surface area contributed by atoms with E-state index in [9.17, 15) is 9.90 Å². The van der Waals surface area contributed by atoms with Gasteiger partial charge in [-0.2, -0.15) is 0 Å². The van der Waals surface area contributed by atoms with E-state index in [2.05, 4.69) is 10.6 Å². The van der Waals surface area contributed by atoms with Crippen LogP contribution in [0, 0.1) is 0 Å². The molecule has 0 aliphatic rings. The lowest BCUT2D eigenvalue weighted by molar-refractivity contribution is 0.171. The van der Waals surface area contributed by atoms with Gasteiger partial charge < -0.3 is 25.2 Å². The van der Waals surface area contributed by atoms with Crippen molar-refractivity contribution in [3.05, 3.63) is 40.6 Å². The Kier molecular flexibility index (Phi) is 6.25. The van der Waals surface area contributed by atoms with Gasteiger partial charge in [-0.3, -0.25) is 0 Å². The third-order valence-corrected chi connectivity index (χ3v) is 4.20. The summed E-state index contributed by atoms with van der Waals surface area (Å²) < 4.78 is 10.4. The third-order valence-electron chi connectivity index (χ3n) is 3.23.